The minimum absolute atomic E-state index is 0.110. The number of aromatic hydroxyl groups is 1. The molecule has 118 valence electrons. The molecule has 3 aliphatic heterocycles. The number of hydrogen-bond acceptors (Lipinski definition) is 6. The van der Waals surface area contributed by atoms with Crippen molar-refractivity contribution in [1.82, 2.24) is 0 Å². The van der Waals surface area contributed by atoms with Gasteiger partial charge in [-0.2, -0.15) is 0 Å². The Kier molecular flexibility index (Phi) is 2.50. The van der Waals surface area contributed by atoms with Crippen LogP contribution in [0.2, 0.25) is 0 Å². The molecule has 0 bridgehead atoms. The van der Waals surface area contributed by atoms with Crippen LogP contribution in [-0.4, -0.2) is 25.3 Å². The summed E-state index contributed by atoms with van der Waals surface area (Å²) in [6, 6.07) is 8.81. The van der Waals surface area contributed by atoms with E-state index in [2.05, 4.69) is 0 Å². The second-order valence-corrected chi connectivity index (χ2v) is 5.75. The molecule has 3 atom stereocenters. The van der Waals surface area contributed by atoms with Gasteiger partial charge in [-0.05, 0) is 18.2 Å². The van der Waals surface area contributed by atoms with Crippen LogP contribution < -0.4 is 18.9 Å². The second-order valence-electron chi connectivity index (χ2n) is 5.75. The van der Waals surface area contributed by atoms with Crippen LogP contribution in [-0.2, 0) is 4.74 Å². The van der Waals surface area contributed by atoms with Gasteiger partial charge in [0.2, 0.25) is 13.1 Å². The molecule has 3 heterocycles. The molecule has 0 aromatic heterocycles. The average molecular weight is 314 g/mol. The Morgan fingerprint density at radius 3 is 2.57 bits per heavy atom. The van der Waals surface area contributed by atoms with Crippen molar-refractivity contribution in [3.8, 4) is 28.7 Å². The molecule has 0 fully saturated rings. The molecule has 1 N–H and O–H groups in total. The van der Waals surface area contributed by atoms with Gasteiger partial charge in [-0.1, -0.05) is 0 Å². The van der Waals surface area contributed by atoms with Gasteiger partial charge in [0, 0.05) is 30.4 Å². The second kappa shape index (κ2) is 4.45. The summed E-state index contributed by atoms with van der Waals surface area (Å²) in [7, 11) is 1.60. The third-order valence-corrected chi connectivity index (χ3v) is 4.52. The molecule has 2 aromatic carbocycles. The van der Waals surface area contributed by atoms with Gasteiger partial charge in [0.15, 0.2) is 11.5 Å². The molecular formula is C17H14O6. The first kappa shape index (κ1) is 12.9. The molecule has 5 rings (SSSR count). The number of phenols is 1. The topological polar surface area (TPSA) is 66.4 Å². The molecular weight excluding hydrogens is 300 g/mol. The summed E-state index contributed by atoms with van der Waals surface area (Å²) in [5.74, 6) is 2.75. The summed E-state index contributed by atoms with van der Waals surface area (Å²) in [6.45, 7) is 0.221. The van der Waals surface area contributed by atoms with Gasteiger partial charge in [-0.15, -0.1) is 0 Å². The third kappa shape index (κ3) is 1.72. The van der Waals surface area contributed by atoms with Crippen LogP contribution in [0, 0.1) is 0 Å². The van der Waals surface area contributed by atoms with Gasteiger partial charge >= 0.3 is 0 Å². The summed E-state index contributed by atoms with van der Waals surface area (Å²) in [5.41, 5.74) is 1.86. The van der Waals surface area contributed by atoms with Crippen molar-refractivity contribution in [3.05, 3.63) is 41.5 Å². The van der Waals surface area contributed by atoms with Gasteiger partial charge in [0.25, 0.3) is 0 Å². The predicted octanol–water partition coefficient (Wildman–Crippen LogP) is 2.70. The van der Waals surface area contributed by atoms with Crippen molar-refractivity contribution in [2.24, 2.45) is 0 Å². The number of hydrogen-bond donors (Lipinski definition) is 1. The van der Waals surface area contributed by atoms with Gasteiger partial charge in [-0.25, -0.2) is 0 Å². The molecule has 0 saturated heterocycles. The van der Waals surface area contributed by atoms with Crippen LogP contribution in [0.25, 0.3) is 0 Å². The van der Waals surface area contributed by atoms with E-state index in [4.69, 9.17) is 23.7 Å². The van der Waals surface area contributed by atoms with Crippen LogP contribution in [0.3, 0.4) is 0 Å². The van der Waals surface area contributed by atoms with Crippen molar-refractivity contribution < 1.29 is 28.8 Å². The molecule has 6 nitrogen and oxygen atoms in total. The zero-order valence-electron chi connectivity index (χ0n) is 12.3. The number of rotatable bonds is 1. The normalized spacial score (nSPS) is 25.9. The van der Waals surface area contributed by atoms with E-state index in [0.717, 1.165) is 16.9 Å². The molecule has 0 saturated carbocycles. The van der Waals surface area contributed by atoms with Crippen molar-refractivity contribution >= 4 is 0 Å². The van der Waals surface area contributed by atoms with Gasteiger partial charge in [0.05, 0.1) is 5.92 Å². The Labute approximate surface area is 132 Å². The Balaban J connectivity index is 1.65. The van der Waals surface area contributed by atoms with Crippen LogP contribution in [0.1, 0.15) is 23.1 Å². The highest BCUT2D eigenvalue weighted by Gasteiger charge is 2.47. The van der Waals surface area contributed by atoms with Crippen LogP contribution >= 0.6 is 0 Å². The Bertz CT molecular complexity index is 802. The van der Waals surface area contributed by atoms with E-state index in [1.54, 1.807) is 19.2 Å². The number of ether oxygens (including phenoxy) is 5. The summed E-state index contributed by atoms with van der Waals surface area (Å²) in [5, 5.41) is 9.68. The summed E-state index contributed by atoms with van der Waals surface area (Å²) in [4.78, 5) is 0. The highest BCUT2D eigenvalue weighted by Crippen LogP contribution is 2.56. The van der Waals surface area contributed by atoms with E-state index in [1.165, 1.54) is 0 Å². The Hall–Kier alpha value is -2.60. The van der Waals surface area contributed by atoms with Crippen molar-refractivity contribution in [2.75, 3.05) is 13.9 Å². The maximum absolute atomic E-state index is 9.68. The van der Waals surface area contributed by atoms with Crippen molar-refractivity contribution in [1.29, 1.82) is 0 Å². The quantitative estimate of drug-likeness (QED) is 0.873. The summed E-state index contributed by atoms with van der Waals surface area (Å²) >= 11 is 0. The maximum atomic E-state index is 9.68. The van der Waals surface area contributed by atoms with Crippen LogP contribution in [0.5, 0.6) is 28.7 Å². The molecule has 0 aliphatic carbocycles. The standard InChI is InChI=1S/C17H14O6/c1-19-17-15-10-5-13-14(21-7-20-13)6-12(10)22-16(15)9-3-2-8(18)4-11(9)23-17/h2-6,15-18H,7H2,1H3/t15-,16-,17?/m0/s1. The fourth-order valence-electron chi connectivity index (χ4n) is 3.47. The van der Waals surface area contributed by atoms with E-state index in [1.807, 2.05) is 18.2 Å². The summed E-state index contributed by atoms with van der Waals surface area (Å²) < 4.78 is 28.5. The van der Waals surface area contributed by atoms with E-state index < -0.39 is 6.29 Å². The minimum atomic E-state index is -0.504. The van der Waals surface area contributed by atoms with Gasteiger partial charge < -0.3 is 28.8 Å². The molecule has 3 aliphatic rings. The number of phenolic OH excluding ortho intramolecular Hbond substituents is 1. The van der Waals surface area contributed by atoms with Crippen LogP contribution in [0.4, 0.5) is 0 Å². The van der Waals surface area contributed by atoms with Gasteiger partial charge in [-0.3, -0.25) is 0 Å². The predicted molar refractivity (Wildman–Crippen MR) is 78.2 cm³/mol. The van der Waals surface area contributed by atoms with E-state index in [0.29, 0.717) is 17.2 Å². The van der Waals surface area contributed by atoms with Crippen molar-refractivity contribution in [3.63, 3.8) is 0 Å². The fourth-order valence-corrected chi connectivity index (χ4v) is 3.47. The molecule has 0 amide bonds. The molecule has 2 aromatic rings. The number of benzene rings is 2. The SMILES string of the molecule is COC1Oc2cc(O)ccc2[C@@H]2Oc3cc4c(cc3[C@H]12)OCO4. The Morgan fingerprint density at radius 2 is 1.74 bits per heavy atom. The zero-order valence-corrected chi connectivity index (χ0v) is 12.3. The lowest BCUT2D eigenvalue weighted by atomic mass is 9.88. The molecule has 0 radical (unpaired) electrons. The van der Waals surface area contributed by atoms with E-state index in [9.17, 15) is 5.11 Å². The Morgan fingerprint density at radius 1 is 0.957 bits per heavy atom. The monoisotopic (exact) mass is 314 g/mol. The highest BCUT2D eigenvalue weighted by atomic mass is 16.7. The first-order chi connectivity index (χ1) is 11.2. The lowest BCUT2D eigenvalue weighted by Crippen LogP contribution is -2.34. The number of fused-ring (bicyclic) bond motifs is 6. The van der Waals surface area contributed by atoms with Crippen molar-refractivity contribution in [2.45, 2.75) is 18.3 Å². The number of methoxy groups -OCH3 is 1. The minimum Gasteiger partial charge on any atom is -0.508 e. The lowest BCUT2D eigenvalue weighted by molar-refractivity contribution is -0.0994. The smallest absolute Gasteiger partial charge is 0.231 e. The highest BCUT2D eigenvalue weighted by molar-refractivity contribution is 5.58. The first-order valence-electron chi connectivity index (χ1n) is 7.37. The first-order valence-corrected chi connectivity index (χ1v) is 7.37. The fraction of sp³-hybridized carbons (Fsp3) is 0.294. The zero-order chi connectivity index (χ0) is 15.6. The lowest BCUT2D eigenvalue weighted by Gasteiger charge is -2.33. The molecule has 1 unspecified atom stereocenters. The average Bonchev–Trinajstić information content (AvgIpc) is 3.14. The largest absolute Gasteiger partial charge is 0.508 e. The maximum Gasteiger partial charge on any atom is 0.231 e. The molecule has 23 heavy (non-hydrogen) atoms. The third-order valence-electron chi connectivity index (χ3n) is 4.52. The molecule has 0 spiro atoms. The van der Waals surface area contributed by atoms with Crippen LogP contribution in [0.15, 0.2) is 30.3 Å². The van der Waals surface area contributed by atoms with E-state index in [-0.39, 0.29) is 24.6 Å². The summed E-state index contributed by atoms with van der Waals surface area (Å²) in [6.07, 6.45) is -0.738. The molecule has 6 heteroatoms. The van der Waals surface area contributed by atoms with E-state index >= 15 is 0 Å². The van der Waals surface area contributed by atoms with Gasteiger partial charge in [0.1, 0.15) is 23.4 Å².